The van der Waals surface area contributed by atoms with E-state index in [1.807, 2.05) is 12.4 Å². The molecule has 6 heteroatoms. The Morgan fingerprint density at radius 3 is 1.67 bits per heavy atom. The number of nitrogens with zero attached hydrogens (tertiary/aromatic N) is 3. The second-order valence-corrected chi connectivity index (χ2v) is 10.3. The Labute approximate surface area is 229 Å². The molecule has 0 fully saturated rings. The van der Waals surface area contributed by atoms with E-state index in [1.54, 1.807) is 0 Å². The van der Waals surface area contributed by atoms with Crippen molar-refractivity contribution < 1.29 is 0 Å². The Hall–Kier alpha value is -4.19. The molecule has 0 amide bonds. The molecule has 6 rings (SSSR count). The monoisotopic (exact) mass is 516 g/mol. The van der Waals surface area contributed by atoms with Gasteiger partial charge in [-0.1, -0.05) is 52.0 Å². The minimum Gasteiger partial charge on any atom is -0.357 e. The van der Waals surface area contributed by atoms with E-state index >= 15 is 0 Å². The first-order valence-electron chi connectivity index (χ1n) is 14.2. The summed E-state index contributed by atoms with van der Waals surface area (Å²) in [6, 6.07) is 14.9. The van der Waals surface area contributed by atoms with Crippen LogP contribution in [0, 0.1) is 0 Å². The first-order valence-corrected chi connectivity index (χ1v) is 14.2. The molecular weight excluding hydrogens is 480 g/mol. The van der Waals surface area contributed by atoms with Crippen LogP contribution in [0.15, 0.2) is 52.4 Å². The maximum atomic E-state index is 5.02. The van der Waals surface area contributed by atoms with Crippen molar-refractivity contribution in [1.29, 1.82) is 0 Å². The van der Waals surface area contributed by atoms with Crippen molar-refractivity contribution in [2.75, 3.05) is 0 Å². The molecule has 6 nitrogen and oxygen atoms in total. The van der Waals surface area contributed by atoms with Crippen molar-refractivity contribution in [2.45, 2.75) is 66.2 Å². The molecule has 4 heterocycles. The predicted octanol–water partition coefficient (Wildman–Crippen LogP) is 7.46. The lowest BCUT2D eigenvalue weighted by molar-refractivity contribution is 0.921. The SMILES string of the molecule is CCc1c2[nH]c(c1CC)Cc1cc([nH]n1)Cc1[nH]c(c(CC)c1CC)C=Nc1cc3ccccc3cc1N=C2. The van der Waals surface area contributed by atoms with Crippen molar-refractivity contribution in [2.24, 2.45) is 9.98 Å². The van der Waals surface area contributed by atoms with Gasteiger partial charge in [0.05, 0.1) is 40.9 Å². The zero-order valence-corrected chi connectivity index (χ0v) is 23.3. The summed E-state index contributed by atoms with van der Waals surface area (Å²) in [6.45, 7) is 8.89. The van der Waals surface area contributed by atoms with Crippen molar-refractivity contribution in [1.82, 2.24) is 20.2 Å². The second kappa shape index (κ2) is 10.5. The average molecular weight is 517 g/mol. The quantitative estimate of drug-likeness (QED) is 0.223. The first kappa shape index (κ1) is 25.1. The highest BCUT2D eigenvalue weighted by molar-refractivity contribution is 5.94. The maximum absolute atomic E-state index is 5.02. The minimum absolute atomic E-state index is 0.766. The Morgan fingerprint density at radius 2 is 1.15 bits per heavy atom. The summed E-state index contributed by atoms with van der Waals surface area (Å²) in [4.78, 5) is 17.5. The van der Waals surface area contributed by atoms with Gasteiger partial charge in [-0.25, -0.2) is 0 Å². The average Bonchev–Trinajstić information content (AvgIpc) is 3.64. The minimum atomic E-state index is 0.766. The molecule has 3 N–H and O–H groups in total. The number of aromatic nitrogens is 4. The number of rotatable bonds is 4. The summed E-state index contributed by atoms with van der Waals surface area (Å²) in [7, 11) is 0. The molecule has 0 radical (unpaired) electrons. The van der Waals surface area contributed by atoms with Crippen LogP contribution in [-0.2, 0) is 38.5 Å². The summed E-state index contributed by atoms with van der Waals surface area (Å²) in [5, 5.41) is 10.3. The van der Waals surface area contributed by atoms with Crippen LogP contribution in [0.5, 0.6) is 0 Å². The zero-order chi connectivity index (χ0) is 26.9. The van der Waals surface area contributed by atoms with Crippen molar-refractivity contribution in [3.05, 3.63) is 98.9 Å². The predicted molar refractivity (Wildman–Crippen MR) is 162 cm³/mol. The fourth-order valence-corrected chi connectivity index (χ4v) is 6.15. The molecule has 6 bridgehead atoms. The molecule has 1 aliphatic rings. The second-order valence-electron chi connectivity index (χ2n) is 10.3. The normalized spacial score (nSPS) is 13.1. The third-order valence-corrected chi connectivity index (χ3v) is 8.01. The standard InChI is InChI=1S/C33H36N6/c1-5-24-26(7-3)32-18-34-30-13-20-11-9-10-12-21(20)14-31(30)35-19-33-27(8-4)25(6-2)29(37-33)17-23-15-22(38-39-23)16-28(24)36-32/h9-15,18-19,36-37H,5-8,16-17H2,1-4H3,(H,38,39). The number of H-pyrrole nitrogens is 3. The molecular formula is C33H36N6. The topological polar surface area (TPSA) is 85.0 Å². The van der Waals surface area contributed by atoms with E-state index in [9.17, 15) is 0 Å². The lowest BCUT2D eigenvalue weighted by Crippen LogP contribution is -1.95. The fraction of sp³-hybridized carbons (Fsp3) is 0.303. The Morgan fingerprint density at radius 1 is 0.641 bits per heavy atom. The smallest absolute Gasteiger partial charge is 0.0893 e. The number of nitrogens with one attached hydrogen (secondary N) is 3. The largest absolute Gasteiger partial charge is 0.357 e. The third-order valence-electron chi connectivity index (χ3n) is 8.01. The van der Waals surface area contributed by atoms with Crippen LogP contribution in [0.3, 0.4) is 0 Å². The summed E-state index contributed by atoms with van der Waals surface area (Å²) < 4.78 is 0. The Kier molecular flexibility index (Phi) is 6.77. The van der Waals surface area contributed by atoms with Crippen molar-refractivity contribution >= 4 is 34.6 Å². The van der Waals surface area contributed by atoms with E-state index in [0.29, 0.717) is 0 Å². The summed E-state index contributed by atoms with van der Waals surface area (Å²) >= 11 is 0. The van der Waals surface area contributed by atoms with Crippen LogP contribution in [0.4, 0.5) is 11.4 Å². The third kappa shape index (κ3) is 4.65. The molecule has 0 saturated heterocycles. The number of aliphatic imine (C=N–C) groups is 2. The van der Waals surface area contributed by atoms with Gasteiger partial charge in [-0.05, 0) is 76.9 Å². The molecule has 0 atom stereocenters. The van der Waals surface area contributed by atoms with Gasteiger partial charge < -0.3 is 9.97 Å². The molecule has 5 aromatic rings. The molecule has 0 unspecified atom stereocenters. The highest BCUT2D eigenvalue weighted by Gasteiger charge is 2.18. The van der Waals surface area contributed by atoms with E-state index in [-0.39, 0.29) is 0 Å². The molecule has 0 aliphatic carbocycles. The van der Waals surface area contributed by atoms with Gasteiger partial charge in [0, 0.05) is 29.9 Å². The van der Waals surface area contributed by atoms with Crippen LogP contribution in [0.25, 0.3) is 10.8 Å². The maximum Gasteiger partial charge on any atom is 0.0893 e. The van der Waals surface area contributed by atoms with Gasteiger partial charge >= 0.3 is 0 Å². The highest BCUT2D eigenvalue weighted by Crippen LogP contribution is 2.34. The fourth-order valence-electron chi connectivity index (χ4n) is 6.15. The molecule has 0 saturated carbocycles. The number of benzene rings is 2. The lowest BCUT2D eigenvalue weighted by Gasteiger charge is -2.05. The van der Waals surface area contributed by atoms with Crippen molar-refractivity contribution in [3.8, 4) is 0 Å². The molecule has 39 heavy (non-hydrogen) atoms. The molecule has 3 aromatic heterocycles. The van der Waals surface area contributed by atoms with Gasteiger partial charge in [-0.15, -0.1) is 0 Å². The van der Waals surface area contributed by atoms with Gasteiger partial charge in [0.2, 0.25) is 0 Å². The van der Waals surface area contributed by atoms with E-state index in [1.165, 1.54) is 33.6 Å². The van der Waals surface area contributed by atoms with Gasteiger partial charge in [0.15, 0.2) is 0 Å². The molecule has 0 spiro atoms. The van der Waals surface area contributed by atoms with Crippen LogP contribution in [-0.4, -0.2) is 32.6 Å². The Balaban J connectivity index is 1.57. The summed E-state index contributed by atoms with van der Waals surface area (Å²) in [5.74, 6) is 0. The van der Waals surface area contributed by atoms with Gasteiger partial charge in [0.25, 0.3) is 0 Å². The van der Waals surface area contributed by atoms with Crippen LogP contribution >= 0.6 is 0 Å². The first-order chi connectivity index (χ1) is 19.1. The number of hydrogen-bond donors (Lipinski definition) is 3. The number of fused-ring (bicyclic) bond motifs is 8. The zero-order valence-electron chi connectivity index (χ0n) is 23.3. The molecule has 1 aliphatic heterocycles. The van der Waals surface area contributed by atoms with Gasteiger partial charge in [-0.3, -0.25) is 15.1 Å². The van der Waals surface area contributed by atoms with Crippen LogP contribution in [0.1, 0.15) is 84.1 Å². The number of aromatic amines is 3. The Bertz CT molecular complexity index is 1580. The van der Waals surface area contributed by atoms with Crippen molar-refractivity contribution in [3.63, 3.8) is 0 Å². The van der Waals surface area contributed by atoms with Gasteiger partial charge in [0.1, 0.15) is 0 Å². The summed E-state index contributed by atoms with van der Waals surface area (Å²) in [5.41, 5.74) is 13.9. The van der Waals surface area contributed by atoms with E-state index in [0.717, 1.165) is 83.4 Å². The molecule has 198 valence electrons. The van der Waals surface area contributed by atoms with Crippen LogP contribution < -0.4 is 0 Å². The lowest BCUT2D eigenvalue weighted by atomic mass is 10.0. The van der Waals surface area contributed by atoms with E-state index in [2.05, 4.69) is 90.3 Å². The molecule has 2 aromatic carbocycles. The van der Waals surface area contributed by atoms with Gasteiger partial charge in [-0.2, -0.15) is 5.10 Å². The van der Waals surface area contributed by atoms with E-state index in [4.69, 9.17) is 9.98 Å². The highest BCUT2D eigenvalue weighted by atomic mass is 15.1. The number of hydrogen-bond acceptors (Lipinski definition) is 3. The summed E-state index contributed by atoms with van der Waals surface area (Å²) in [6.07, 6.45) is 9.37. The van der Waals surface area contributed by atoms with Crippen LogP contribution in [0.2, 0.25) is 0 Å². The van der Waals surface area contributed by atoms with E-state index < -0.39 is 0 Å².